The average Bonchev–Trinajstić information content (AvgIpc) is 2.65. The lowest BCUT2D eigenvalue weighted by molar-refractivity contribution is 0.631. The number of anilines is 3. The summed E-state index contributed by atoms with van der Waals surface area (Å²) in [5.41, 5.74) is 7.80. The van der Waals surface area contributed by atoms with Crippen molar-refractivity contribution in [1.29, 1.82) is 0 Å². The second-order valence-electron chi connectivity index (χ2n) is 6.00. The largest absolute Gasteiger partial charge is 0.398 e. The molecule has 4 nitrogen and oxygen atoms in total. The van der Waals surface area contributed by atoms with Crippen molar-refractivity contribution in [1.82, 2.24) is 4.98 Å². The zero-order valence-corrected chi connectivity index (χ0v) is 13.3. The van der Waals surface area contributed by atoms with Gasteiger partial charge in [-0.15, -0.1) is 0 Å². The smallest absolute Gasteiger partial charge is 0.139 e. The first-order valence-electron chi connectivity index (χ1n) is 8.11. The van der Waals surface area contributed by atoms with Gasteiger partial charge in [-0.05, 0) is 30.3 Å². The van der Waals surface area contributed by atoms with Gasteiger partial charge in [-0.1, -0.05) is 18.2 Å². The highest BCUT2D eigenvalue weighted by Crippen LogP contribution is 2.31. The van der Waals surface area contributed by atoms with Crippen molar-refractivity contribution in [2.24, 2.45) is 0 Å². The summed E-state index contributed by atoms with van der Waals surface area (Å²) in [6.07, 6.45) is 1.71. The van der Waals surface area contributed by atoms with E-state index in [2.05, 4.69) is 26.9 Å². The minimum atomic E-state index is -0.271. The minimum absolute atomic E-state index is 0.271. The fourth-order valence-electron chi connectivity index (χ4n) is 3.32. The van der Waals surface area contributed by atoms with Crippen molar-refractivity contribution < 1.29 is 4.39 Å². The number of rotatable bonds is 2. The van der Waals surface area contributed by atoms with E-state index in [9.17, 15) is 4.39 Å². The predicted molar refractivity (Wildman–Crippen MR) is 97.0 cm³/mol. The molecule has 1 aliphatic rings. The van der Waals surface area contributed by atoms with E-state index >= 15 is 0 Å². The molecule has 0 aliphatic carbocycles. The number of halogens is 1. The molecule has 3 aromatic rings. The van der Waals surface area contributed by atoms with E-state index in [-0.39, 0.29) is 5.82 Å². The van der Waals surface area contributed by atoms with Crippen LogP contribution in [-0.2, 0) is 0 Å². The molecule has 0 atom stereocenters. The van der Waals surface area contributed by atoms with Crippen LogP contribution in [0, 0.1) is 5.82 Å². The fraction of sp³-hybridized carbons (Fsp3) is 0.211. The van der Waals surface area contributed by atoms with E-state index in [1.807, 2.05) is 18.2 Å². The van der Waals surface area contributed by atoms with Gasteiger partial charge in [-0.3, -0.25) is 0 Å². The molecule has 122 valence electrons. The summed E-state index contributed by atoms with van der Waals surface area (Å²) >= 11 is 0. The van der Waals surface area contributed by atoms with Crippen molar-refractivity contribution in [3.05, 3.63) is 60.5 Å². The molecule has 0 radical (unpaired) electrons. The molecule has 24 heavy (non-hydrogen) atoms. The Morgan fingerprint density at radius 1 is 0.875 bits per heavy atom. The van der Waals surface area contributed by atoms with Crippen LogP contribution in [0.15, 0.2) is 54.7 Å². The molecular weight excluding hydrogens is 303 g/mol. The molecule has 0 saturated carbocycles. The van der Waals surface area contributed by atoms with Gasteiger partial charge < -0.3 is 15.5 Å². The zero-order valence-electron chi connectivity index (χ0n) is 13.3. The molecule has 4 rings (SSSR count). The van der Waals surface area contributed by atoms with Crippen molar-refractivity contribution >= 4 is 28.0 Å². The molecule has 1 aliphatic heterocycles. The van der Waals surface area contributed by atoms with Gasteiger partial charge in [0, 0.05) is 49.1 Å². The van der Waals surface area contributed by atoms with Gasteiger partial charge in [-0.25, -0.2) is 9.37 Å². The fourth-order valence-corrected chi connectivity index (χ4v) is 3.32. The number of piperazine rings is 1. The minimum Gasteiger partial charge on any atom is -0.398 e. The summed E-state index contributed by atoms with van der Waals surface area (Å²) in [6, 6.07) is 15.2. The van der Waals surface area contributed by atoms with Crippen LogP contribution in [0.5, 0.6) is 0 Å². The number of nitrogen functional groups attached to an aromatic ring is 1. The maximum Gasteiger partial charge on any atom is 0.139 e. The van der Waals surface area contributed by atoms with Crippen LogP contribution in [0.2, 0.25) is 0 Å². The van der Waals surface area contributed by atoms with E-state index in [0.29, 0.717) is 16.9 Å². The first-order chi connectivity index (χ1) is 11.7. The first-order valence-corrected chi connectivity index (χ1v) is 8.11. The van der Waals surface area contributed by atoms with Crippen molar-refractivity contribution in [3.8, 4) is 0 Å². The van der Waals surface area contributed by atoms with Crippen LogP contribution >= 0.6 is 0 Å². The standard InChI is InChI=1S/C19H19FN4/c20-16-6-7-17(21)15-8-9-22-19(18(15)16)24-12-10-23(11-13-24)14-4-2-1-3-5-14/h1-9H,10-13,21H2. The van der Waals surface area contributed by atoms with E-state index in [1.54, 1.807) is 18.3 Å². The Morgan fingerprint density at radius 2 is 1.58 bits per heavy atom. The summed E-state index contributed by atoms with van der Waals surface area (Å²) in [7, 11) is 0. The van der Waals surface area contributed by atoms with Crippen LogP contribution in [-0.4, -0.2) is 31.2 Å². The maximum atomic E-state index is 14.4. The first kappa shape index (κ1) is 14.8. The molecule has 1 saturated heterocycles. The van der Waals surface area contributed by atoms with E-state index < -0.39 is 0 Å². The van der Waals surface area contributed by atoms with Gasteiger partial charge in [-0.2, -0.15) is 0 Å². The normalized spacial score (nSPS) is 15.0. The van der Waals surface area contributed by atoms with Crippen LogP contribution < -0.4 is 15.5 Å². The second kappa shape index (κ2) is 6.00. The number of fused-ring (bicyclic) bond motifs is 1. The van der Waals surface area contributed by atoms with Crippen LogP contribution in [0.3, 0.4) is 0 Å². The molecule has 1 fully saturated rings. The van der Waals surface area contributed by atoms with Crippen molar-refractivity contribution in [2.45, 2.75) is 0 Å². The molecular formula is C19H19FN4. The summed E-state index contributed by atoms with van der Waals surface area (Å²) in [5, 5.41) is 1.25. The van der Waals surface area contributed by atoms with Crippen molar-refractivity contribution in [3.63, 3.8) is 0 Å². The third-order valence-corrected chi connectivity index (χ3v) is 4.59. The van der Waals surface area contributed by atoms with Gasteiger partial charge in [0.1, 0.15) is 11.6 Å². The van der Waals surface area contributed by atoms with Gasteiger partial charge in [0.15, 0.2) is 0 Å². The summed E-state index contributed by atoms with van der Waals surface area (Å²) in [5.74, 6) is 0.415. The Morgan fingerprint density at radius 3 is 2.33 bits per heavy atom. The highest BCUT2D eigenvalue weighted by atomic mass is 19.1. The topological polar surface area (TPSA) is 45.4 Å². The van der Waals surface area contributed by atoms with Gasteiger partial charge in [0.05, 0.1) is 5.39 Å². The molecule has 0 unspecified atom stereocenters. The number of benzene rings is 2. The molecule has 5 heteroatoms. The maximum absolute atomic E-state index is 14.4. The lowest BCUT2D eigenvalue weighted by Gasteiger charge is -2.37. The highest BCUT2D eigenvalue weighted by Gasteiger charge is 2.21. The predicted octanol–water partition coefficient (Wildman–Crippen LogP) is 3.28. The monoisotopic (exact) mass is 322 g/mol. The number of hydrogen-bond acceptors (Lipinski definition) is 4. The summed E-state index contributed by atoms with van der Waals surface area (Å²) in [6.45, 7) is 3.36. The molecule has 2 aromatic carbocycles. The van der Waals surface area contributed by atoms with Crippen LogP contribution in [0.1, 0.15) is 0 Å². The lowest BCUT2D eigenvalue weighted by atomic mass is 10.1. The van der Waals surface area contributed by atoms with Crippen LogP contribution in [0.4, 0.5) is 21.6 Å². The van der Waals surface area contributed by atoms with Crippen LogP contribution in [0.25, 0.3) is 10.8 Å². The molecule has 0 bridgehead atoms. The van der Waals surface area contributed by atoms with Gasteiger partial charge in [0.2, 0.25) is 0 Å². The Bertz CT molecular complexity index is 858. The Labute approximate surface area is 140 Å². The van der Waals surface area contributed by atoms with Crippen molar-refractivity contribution in [2.75, 3.05) is 41.7 Å². The van der Waals surface area contributed by atoms with E-state index in [0.717, 1.165) is 31.6 Å². The summed E-state index contributed by atoms with van der Waals surface area (Å²) < 4.78 is 14.4. The lowest BCUT2D eigenvalue weighted by Crippen LogP contribution is -2.46. The number of pyridine rings is 1. The molecule has 0 amide bonds. The third-order valence-electron chi connectivity index (χ3n) is 4.59. The molecule has 1 aromatic heterocycles. The average molecular weight is 322 g/mol. The van der Waals surface area contributed by atoms with E-state index in [4.69, 9.17) is 5.73 Å². The molecule has 2 heterocycles. The molecule has 2 N–H and O–H groups in total. The Balaban J connectivity index is 1.63. The zero-order chi connectivity index (χ0) is 16.5. The van der Waals surface area contributed by atoms with Gasteiger partial charge in [0.25, 0.3) is 0 Å². The van der Waals surface area contributed by atoms with E-state index in [1.165, 1.54) is 11.8 Å². The number of nitrogens with zero attached hydrogens (tertiary/aromatic N) is 3. The Kier molecular flexibility index (Phi) is 3.69. The Hall–Kier alpha value is -2.82. The third kappa shape index (κ3) is 2.52. The highest BCUT2D eigenvalue weighted by molar-refractivity contribution is 5.99. The number of nitrogens with two attached hydrogens (primary N) is 1. The second-order valence-corrected chi connectivity index (χ2v) is 6.00. The quantitative estimate of drug-likeness (QED) is 0.736. The molecule has 0 spiro atoms. The number of para-hydroxylation sites is 1. The summed E-state index contributed by atoms with van der Waals surface area (Å²) in [4.78, 5) is 8.92. The van der Waals surface area contributed by atoms with Gasteiger partial charge >= 0.3 is 0 Å². The number of aromatic nitrogens is 1. The SMILES string of the molecule is Nc1ccc(F)c2c(N3CCN(c4ccccc4)CC3)nccc12. The number of hydrogen-bond donors (Lipinski definition) is 1.